The Hall–Kier alpha value is -3.12. The van der Waals surface area contributed by atoms with Crippen LogP contribution in [-0.4, -0.2) is 43.1 Å². The number of fused-ring (bicyclic) bond motifs is 1. The highest BCUT2D eigenvalue weighted by atomic mass is 16.5. The van der Waals surface area contributed by atoms with E-state index < -0.39 is 0 Å². The summed E-state index contributed by atoms with van der Waals surface area (Å²) in [4.78, 5) is 27.2. The van der Waals surface area contributed by atoms with E-state index in [-0.39, 0.29) is 11.3 Å². The van der Waals surface area contributed by atoms with Gasteiger partial charge in [-0.05, 0) is 42.9 Å². The second kappa shape index (κ2) is 11.3. The van der Waals surface area contributed by atoms with E-state index in [0.29, 0.717) is 53.8 Å². The number of ether oxygens (including phenoxy) is 1. The molecule has 1 aromatic heterocycles. The van der Waals surface area contributed by atoms with E-state index in [0.717, 1.165) is 25.1 Å². The molecule has 6 heteroatoms. The smallest absolute Gasteiger partial charge is 0.220 e. The Labute approximate surface area is 200 Å². The Kier molecular flexibility index (Phi) is 8.01. The molecule has 0 unspecified atom stereocenters. The molecule has 0 saturated heterocycles. The van der Waals surface area contributed by atoms with E-state index in [1.54, 1.807) is 12.1 Å². The van der Waals surface area contributed by atoms with Crippen molar-refractivity contribution in [3.63, 3.8) is 0 Å². The first-order valence-corrected chi connectivity index (χ1v) is 12.3. The second-order valence-corrected chi connectivity index (χ2v) is 9.42. The maximum absolute atomic E-state index is 12.9. The minimum absolute atomic E-state index is 0.0422. The number of hydrogen-bond donors (Lipinski definition) is 1. The summed E-state index contributed by atoms with van der Waals surface area (Å²) < 4.78 is 11.8. The van der Waals surface area contributed by atoms with Gasteiger partial charge in [-0.25, -0.2) is 0 Å². The van der Waals surface area contributed by atoms with Crippen molar-refractivity contribution in [1.29, 1.82) is 0 Å². The molecule has 0 spiro atoms. The predicted molar refractivity (Wildman–Crippen MR) is 135 cm³/mol. The van der Waals surface area contributed by atoms with Crippen LogP contribution in [0.3, 0.4) is 0 Å². The highest BCUT2D eigenvalue weighted by Crippen LogP contribution is 2.27. The molecule has 0 bridgehead atoms. The predicted octanol–water partition coefficient (Wildman–Crippen LogP) is 4.86. The Morgan fingerprint density at radius 1 is 1.15 bits per heavy atom. The summed E-state index contributed by atoms with van der Waals surface area (Å²) in [7, 11) is 0. The molecule has 4 rings (SSSR count). The van der Waals surface area contributed by atoms with E-state index in [4.69, 9.17) is 9.15 Å². The lowest BCUT2D eigenvalue weighted by Crippen LogP contribution is -2.34. The standard InChI is InChI=1S/C28H34N2O4/c1-20(2)17-27(31)29-13-6-14-30(22-9-10-22)15-16-33-23-11-12-24-26(18-23)34-19-25(28(24)32)21-7-4-3-5-8-21/h3-5,7-8,11-12,18-20,22H,6,9-10,13-17H2,1-2H3,(H,29,31). The van der Waals surface area contributed by atoms with Gasteiger partial charge in [-0.2, -0.15) is 0 Å². The number of benzene rings is 2. The highest BCUT2D eigenvalue weighted by Gasteiger charge is 2.28. The summed E-state index contributed by atoms with van der Waals surface area (Å²) in [6.45, 7) is 7.17. The summed E-state index contributed by atoms with van der Waals surface area (Å²) in [6, 6.07) is 15.6. The third-order valence-corrected chi connectivity index (χ3v) is 6.08. The molecule has 0 aliphatic heterocycles. The van der Waals surface area contributed by atoms with Gasteiger partial charge in [0.2, 0.25) is 5.91 Å². The van der Waals surface area contributed by atoms with Gasteiger partial charge in [0.1, 0.15) is 24.2 Å². The fraction of sp³-hybridized carbons (Fsp3) is 0.429. The average Bonchev–Trinajstić information content (AvgIpc) is 3.66. The fourth-order valence-electron chi connectivity index (χ4n) is 4.17. The van der Waals surface area contributed by atoms with Crippen molar-refractivity contribution < 1.29 is 13.9 Å². The maximum atomic E-state index is 12.9. The number of carbonyl (C=O) groups excluding carboxylic acids is 1. The lowest BCUT2D eigenvalue weighted by molar-refractivity contribution is -0.121. The van der Waals surface area contributed by atoms with Gasteiger partial charge in [0.15, 0.2) is 5.43 Å². The van der Waals surface area contributed by atoms with E-state index >= 15 is 0 Å². The molecule has 2 aromatic carbocycles. The van der Waals surface area contributed by atoms with Crippen LogP contribution in [0.15, 0.2) is 64.0 Å². The Morgan fingerprint density at radius 3 is 2.68 bits per heavy atom. The molecule has 6 nitrogen and oxygen atoms in total. The van der Waals surface area contributed by atoms with Gasteiger partial charge in [0.25, 0.3) is 0 Å². The van der Waals surface area contributed by atoms with Gasteiger partial charge in [0, 0.05) is 38.2 Å². The van der Waals surface area contributed by atoms with Crippen LogP contribution < -0.4 is 15.5 Å². The summed E-state index contributed by atoms with van der Waals surface area (Å²) in [6.07, 6.45) is 5.50. The molecule has 1 aliphatic rings. The van der Waals surface area contributed by atoms with Crippen molar-refractivity contribution in [1.82, 2.24) is 10.2 Å². The zero-order chi connectivity index (χ0) is 23.9. The van der Waals surface area contributed by atoms with E-state index in [1.807, 2.05) is 36.4 Å². The molecule has 1 N–H and O–H groups in total. The molecule has 3 aromatic rings. The molecule has 0 radical (unpaired) electrons. The second-order valence-electron chi connectivity index (χ2n) is 9.42. The van der Waals surface area contributed by atoms with Crippen molar-refractivity contribution in [2.24, 2.45) is 5.92 Å². The first-order valence-electron chi connectivity index (χ1n) is 12.3. The molecular formula is C28H34N2O4. The van der Waals surface area contributed by atoms with Crippen LogP contribution in [0.25, 0.3) is 22.1 Å². The zero-order valence-electron chi connectivity index (χ0n) is 20.1. The molecule has 1 fully saturated rings. The Morgan fingerprint density at radius 2 is 1.94 bits per heavy atom. The van der Waals surface area contributed by atoms with Gasteiger partial charge in [-0.3, -0.25) is 14.5 Å². The average molecular weight is 463 g/mol. The summed E-state index contributed by atoms with van der Waals surface area (Å²) in [5.74, 6) is 1.21. The van der Waals surface area contributed by atoms with Crippen LogP contribution in [0, 0.1) is 5.92 Å². The van der Waals surface area contributed by atoms with Gasteiger partial charge in [0.05, 0.1) is 10.9 Å². The topological polar surface area (TPSA) is 71.8 Å². The molecule has 1 saturated carbocycles. The molecule has 0 atom stereocenters. The third-order valence-electron chi connectivity index (χ3n) is 6.08. The highest BCUT2D eigenvalue weighted by molar-refractivity contribution is 5.82. The summed E-state index contributed by atoms with van der Waals surface area (Å²) in [5, 5.41) is 3.56. The van der Waals surface area contributed by atoms with E-state index in [1.165, 1.54) is 19.1 Å². The number of nitrogens with zero attached hydrogens (tertiary/aromatic N) is 1. The summed E-state index contributed by atoms with van der Waals surface area (Å²) >= 11 is 0. The Bertz CT molecular complexity index is 1150. The van der Waals surface area contributed by atoms with Crippen molar-refractivity contribution in [3.05, 3.63) is 65.0 Å². The normalized spacial score (nSPS) is 13.5. The molecule has 1 heterocycles. The van der Waals surface area contributed by atoms with Gasteiger partial charge in [-0.15, -0.1) is 0 Å². The fourth-order valence-corrected chi connectivity index (χ4v) is 4.17. The Balaban J connectivity index is 1.29. The van der Waals surface area contributed by atoms with Crippen molar-refractivity contribution in [2.75, 3.05) is 26.2 Å². The SMILES string of the molecule is CC(C)CC(=O)NCCCN(CCOc1ccc2c(=O)c(-c3ccccc3)coc2c1)C1CC1. The van der Waals surface area contributed by atoms with E-state index in [2.05, 4.69) is 24.1 Å². The van der Waals surface area contributed by atoms with Gasteiger partial charge < -0.3 is 14.5 Å². The van der Waals surface area contributed by atoms with E-state index in [9.17, 15) is 9.59 Å². The van der Waals surface area contributed by atoms with Crippen molar-refractivity contribution >= 4 is 16.9 Å². The van der Waals surface area contributed by atoms with Crippen LogP contribution in [-0.2, 0) is 4.79 Å². The number of amides is 1. The molecule has 1 amide bonds. The summed E-state index contributed by atoms with van der Waals surface area (Å²) in [5.41, 5.74) is 1.89. The zero-order valence-corrected chi connectivity index (χ0v) is 20.1. The van der Waals surface area contributed by atoms with Crippen LogP contribution in [0.5, 0.6) is 5.75 Å². The minimum atomic E-state index is -0.0422. The monoisotopic (exact) mass is 462 g/mol. The quantitative estimate of drug-likeness (QED) is 0.390. The largest absolute Gasteiger partial charge is 0.492 e. The first-order chi connectivity index (χ1) is 16.5. The molecular weight excluding hydrogens is 428 g/mol. The lowest BCUT2D eigenvalue weighted by atomic mass is 10.1. The van der Waals surface area contributed by atoms with Crippen LogP contribution in [0.2, 0.25) is 0 Å². The number of carbonyl (C=O) groups is 1. The first kappa shape index (κ1) is 24.0. The minimum Gasteiger partial charge on any atom is -0.492 e. The van der Waals surface area contributed by atoms with Gasteiger partial charge >= 0.3 is 0 Å². The van der Waals surface area contributed by atoms with Crippen LogP contribution in [0.1, 0.15) is 39.5 Å². The van der Waals surface area contributed by atoms with Crippen LogP contribution in [0.4, 0.5) is 0 Å². The number of rotatable bonds is 12. The number of hydrogen-bond acceptors (Lipinski definition) is 5. The molecule has 34 heavy (non-hydrogen) atoms. The van der Waals surface area contributed by atoms with Crippen LogP contribution >= 0.6 is 0 Å². The molecule has 180 valence electrons. The molecule has 1 aliphatic carbocycles. The number of nitrogens with one attached hydrogen (secondary N) is 1. The maximum Gasteiger partial charge on any atom is 0.220 e. The van der Waals surface area contributed by atoms with Gasteiger partial charge in [-0.1, -0.05) is 44.2 Å². The van der Waals surface area contributed by atoms with Crippen molar-refractivity contribution in [2.45, 2.75) is 45.6 Å². The van der Waals surface area contributed by atoms with Crippen molar-refractivity contribution in [3.8, 4) is 16.9 Å². The third kappa shape index (κ3) is 6.48. The lowest BCUT2D eigenvalue weighted by Gasteiger charge is -2.22.